The molecule has 3 aromatic rings. The summed E-state index contributed by atoms with van der Waals surface area (Å²) in [5.74, 6) is 2.19. The third kappa shape index (κ3) is 2.57. The molecule has 23 heavy (non-hydrogen) atoms. The van der Waals surface area contributed by atoms with Gasteiger partial charge in [0.2, 0.25) is 0 Å². The van der Waals surface area contributed by atoms with Crippen LogP contribution in [0.15, 0.2) is 60.8 Å². The minimum absolute atomic E-state index is 0.476. The van der Waals surface area contributed by atoms with Crippen molar-refractivity contribution in [2.75, 3.05) is 5.73 Å². The van der Waals surface area contributed by atoms with Crippen LogP contribution in [0.2, 0.25) is 0 Å². The third-order valence-corrected chi connectivity index (χ3v) is 3.86. The molecule has 2 heterocycles. The van der Waals surface area contributed by atoms with Crippen molar-refractivity contribution in [2.45, 2.75) is 12.8 Å². The Kier molecular flexibility index (Phi) is 3.31. The minimum Gasteiger partial charge on any atom is -0.458 e. The minimum atomic E-state index is 0.476. The van der Waals surface area contributed by atoms with E-state index in [0.29, 0.717) is 5.82 Å². The van der Waals surface area contributed by atoms with Crippen molar-refractivity contribution >= 4 is 16.9 Å². The number of nitrogen functional groups attached to an aromatic ring is 1. The van der Waals surface area contributed by atoms with Crippen molar-refractivity contribution < 1.29 is 4.74 Å². The molecule has 0 spiro atoms. The molecule has 0 saturated heterocycles. The Morgan fingerprint density at radius 2 is 1.96 bits per heavy atom. The zero-order chi connectivity index (χ0) is 15.6. The van der Waals surface area contributed by atoms with Crippen LogP contribution in [-0.4, -0.2) is 15.0 Å². The summed E-state index contributed by atoms with van der Waals surface area (Å²) in [6, 6.07) is 7.93. The summed E-state index contributed by atoms with van der Waals surface area (Å²) >= 11 is 0. The quantitative estimate of drug-likeness (QED) is 0.771. The maximum Gasteiger partial charge on any atom is 0.143 e. The number of nitrogens with one attached hydrogen (secondary N) is 1. The van der Waals surface area contributed by atoms with E-state index in [2.05, 4.69) is 27.1 Å². The monoisotopic (exact) mass is 304 g/mol. The van der Waals surface area contributed by atoms with Gasteiger partial charge in [0.25, 0.3) is 0 Å². The number of H-pyrrole nitrogens is 1. The average Bonchev–Trinajstić information content (AvgIpc) is 3.02. The van der Waals surface area contributed by atoms with Crippen LogP contribution in [0.3, 0.4) is 0 Å². The van der Waals surface area contributed by atoms with E-state index in [0.717, 1.165) is 46.5 Å². The van der Waals surface area contributed by atoms with E-state index in [4.69, 9.17) is 10.5 Å². The van der Waals surface area contributed by atoms with Crippen LogP contribution in [0.1, 0.15) is 12.8 Å². The summed E-state index contributed by atoms with van der Waals surface area (Å²) in [6.07, 6.45) is 11.7. The second-order valence-corrected chi connectivity index (χ2v) is 5.40. The Morgan fingerprint density at radius 3 is 2.74 bits per heavy atom. The number of allylic oxidation sites excluding steroid dienone is 3. The number of anilines is 1. The predicted molar refractivity (Wildman–Crippen MR) is 90.8 cm³/mol. The number of aromatic amines is 1. The number of aromatic nitrogens is 3. The van der Waals surface area contributed by atoms with Gasteiger partial charge in [0.05, 0.1) is 5.39 Å². The van der Waals surface area contributed by atoms with Crippen molar-refractivity contribution in [3.05, 3.63) is 60.8 Å². The Labute approximate surface area is 133 Å². The number of hydrogen-bond donors (Lipinski definition) is 2. The first-order chi connectivity index (χ1) is 11.3. The van der Waals surface area contributed by atoms with E-state index in [1.165, 1.54) is 6.33 Å². The number of ether oxygens (including phenoxy) is 1. The topological polar surface area (TPSA) is 76.8 Å². The fraction of sp³-hybridized carbons (Fsp3) is 0.111. The van der Waals surface area contributed by atoms with Gasteiger partial charge >= 0.3 is 0 Å². The Hall–Kier alpha value is -3.08. The van der Waals surface area contributed by atoms with E-state index in [1.54, 1.807) is 0 Å². The first kappa shape index (κ1) is 13.6. The van der Waals surface area contributed by atoms with Gasteiger partial charge in [-0.05, 0) is 42.7 Å². The third-order valence-electron chi connectivity index (χ3n) is 3.86. The van der Waals surface area contributed by atoms with Crippen LogP contribution in [0.25, 0.3) is 22.2 Å². The van der Waals surface area contributed by atoms with Gasteiger partial charge in [-0.25, -0.2) is 9.97 Å². The summed E-state index contributed by atoms with van der Waals surface area (Å²) in [7, 11) is 0. The lowest BCUT2D eigenvalue weighted by Crippen LogP contribution is -1.95. The molecule has 0 radical (unpaired) electrons. The van der Waals surface area contributed by atoms with Crippen LogP contribution >= 0.6 is 0 Å². The number of fused-ring (bicyclic) bond motifs is 1. The SMILES string of the molecule is Nc1ncnc2[nH]cc(-c3ccc(OC4=CCCC=C4)cc3)c12. The molecule has 114 valence electrons. The maximum atomic E-state index is 5.98. The van der Waals surface area contributed by atoms with Gasteiger partial charge < -0.3 is 15.5 Å². The molecule has 0 bridgehead atoms. The highest BCUT2D eigenvalue weighted by molar-refractivity contribution is 6.00. The van der Waals surface area contributed by atoms with E-state index in [-0.39, 0.29) is 0 Å². The lowest BCUT2D eigenvalue weighted by molar-refractivity contribution is 0.439. The number of nitrogens with two attached hydrogens (primary N) is 1. The maximum absolute atomic E-state index is 5.98. The first-order valence-electron chi connectivity index (χ1n) is 7.54. The van der Waals surface area contributed by atoms with Gasteiger partial charge in [-0.2, -0.15) is 0 Å². The molecule has 1 aliphatic carbocycles. The van der Waals surface area contributed by atoms with Gasteiger partial charge in [-0.1, -0.05) is 18.2 Å². The molecule has 0 saturated carbocycles. The van der Waals surface area contributed by atoms with Gasteiger partial charge in [-0.3, -0.25) is 0 Å². The summed E-state index contributed by atoms with van der Waals surface area (Å²) < 4.78 is 5.86. The van der Waals surface area contributed by atoms with Crippen LogP contribution in [0.5, 0.6) is 5.75 Å². The molecule has 0 aliphatic heterocycles. The van der Waals surface area contributed by atoms with E-state index < -0.39 is 0 Å². The van der Waals surface area contributed by atoms with Crippen LogP contribution in [0, 0.1) is 0 Å². The summed E-state index contributed by atoms with van der Waals surface area (Å²) in [5, 5.41) is 0.846. The number of hydrogen-bond acceptors (Lipinski definition) is 4. The highest BCUT2D eigenvalue weighted by atomic mass is 16.5. The summed E-state index contributed by atoms with van der Waals surface area (Å²) in [5.41, 5.74) is 8.75. The van der Waals surface area contributed by atoms with Gasteiger partial charge in [0.1, 0.15) is 29.3 Å². The summed E-state index contributed by atoms with van der Waals surface area (Å²) in [6.45, 7) is 0. The number of benzene rings is 1. The normalized spacial score (nSPS) is 14.0. The molecule has 0 fully saturated rings. The molecule has 5 heteroatoms. The standard InChI is InChI=1S/C18H16N4O/c19-17-16-15(10-20-18(16)22-11-21-17)12-6-8-14(9-7-12)23-13-4-2-1-3-5-13/h2,4-11H,1,3H2,(H3,19,20,21,22). The van der Waals surface area contributed by atoms with Crippen LogP contribution in [-0.2, 0) is 0 Å². The molecule has 0 amide bonds. The zero-order valence-corrected chi connectivity index (χ0v) is 12.5. The largest absolute Gasteiger partial charge is 0.458 e. The predicted octanol–water partition coefficient (Wildman–Crippen LogP) is 3.82. The molecule has 0 unspecified atom stereocenters. The smallest absolute Gasteiger partial charge is 0.143 e. The Balaban J connectivity index is 1.65. The molecular formula is C18H16N4O. The second kappa shape index (κ2) is 5.61. The molecular weight excluding hydrogens is 288 g/mol. The highest BCUT2D eigenvalue weighted by Crippen LogP contribution is 2.31. The highest BCUT2D eigenvalue weighted by Gasteiger charge is 2.11. The van der Waals surface area contributed by atoms with E-state index >= 15 is 0 Å². The first-order valence-corrected chi connectivity index (χ1v) is 7.54. The molecule has 0 atom stereocenters. The number of rotatable bonds is 3. The molecule has 1 aromatic carbocycles. The molecule has 3 N–H and O–H groups in total. The van der Waals surface area contributed by atoms with E-state index in [1.807, 2.05) is 36.5 Å². The fourth-order valence-corrected chi connectivity index (χ4v) is 2.72. The van der Waals surface area contributed by atoms with Crippen molar-refractivity contribution in [3.8, 4) is 16.9 Å². The van der Waals surface area contributed by atoms with Crippen molar-refractivity contribution in [3.63, 3.8) is 0 Å². The second-order valence-electron chi connectivity index (χ2n) is 5.40. The molecule has 2 aromatic heterocycles. The summed E-state index contributed by atoms with van der Waals surface area (Å²) in [4.78, 5) is 11.4. The van der Waals surface area contributed by atoms with Gasteiger partial charge in [0.15, 0.2) is 0 Å². The van der Waals surface area contributed by atoms with Crippen LogP contribution in [0.4, 0.5) is 5.82 Å². The van der Waals surface area contributed by atoms with Crippen molar-refractivity contribution in [1.29, 1.82) is 0 Å². The lowest BCUT2D eigenvalue weighted by atomic mass is 10.1. The molecule has 1 aliphatic rings. The van der Waals surface area contributed by atoms with E-state index in [9.17, 15) is 0 Å². The van der Waals surface area contributed by atoms with Gasteiger partial charge in [-0.15, -0.1) is 0 Å². The van der Waals surface area contributed by atoms with Crippen molar-refractivity contribution in [2.24, 2.45) is 0 Å². The van der Waals surface area contributed by atoms with Crippen molar-refractivity contribution in [1.82, 2.24) is 15.0 Å². The molecule has 5 nitrogen and oxygen atoms in total. The van der Waals surface area contributed by atoms with Gasteiger partial charge in [0, 0.05) is 11.8 Å². The number of nitrogens with zero attached hydrogens (tertiary/aromatic N) is 2. The molecule has 4 rings (SSSR count). The Morgan fingerprint density at radius 1 is 1.09 bits per heavy atom. The Bertz CT molecular complexity index is 906. The fourth-order valence-electron chi connectivity index (χ4n) is 2.72. The van der Waals surface area contributed by atoms with Crippen LogP contribution < -0.4 is 10.5 Å². The average molecular weight is 304 g/mol. The lowest BCUT2D eigenvalue weighted by Gasteiger charge is -2.10. The zero-order valence-electron chi connectivity index (χ0n) is 12.5.